The van der Waals surface area contributed by atoms with Crippen molar-refractivity contribution < 1.29 is 27.4 Å². The van der Waals surface area contributed by atoms with Crippen molar-refractivity contribution in [1.29, 1.82) is 0 Å². The highest BCUT2D eigenvalue weighted by molar-refractivity contribution is 5.96. The van der Waals surface area contributed by atoms with E-state index in [1.165, 1.54) is 12.1 Å². The number of benzene rings is 2. The fourth-order valence-corrected chi connectivity index (χ4v) is 4.74. The van der Waals surface area contributed by atoms with Crippen molar-refractivity contribution in [3.05, 3.63) is 59.0 Å². The molecule has 1 N–H and O–H groups in total. The molecule has 1 amide bonds. The van der Waals surface area contributed by atoms with Gasteiger partial charge in [0.15, 0.2) is 0 Å². The minimum absolute atomic E-state index is 0.155. The van der Waals surface area contributed by atoms with Gasteiger partial charge in [0.2, 0.25) is 0 Å². The topological polar surface area (TPSA) is 66.9 Å². The molecule has 0 spiro atoms. The van der Waals surface area contributed by atoms with Crippen molar-refractivity contribution >= 4 is 28.4 Å². The number of alkyl halides is 2. The maximum Gasteiger partial charge on any atom is 0.410 e. The van der Waals surface area contributed by atoms with Gasteiger partial charge < -0.3 is 24.6 Å². The molecule has 1 saturated heterocycles. The van der Waals surface area contributed by atoms with E-state index in [1.807, 2.05) is 45.9 Å². The van der Waals surface area contributed by atoms with E-state index in [-0.39, 0.29) is 11.7 Å². The summed E-state index contributed by atoms with van der Waals surface area (Å²) in [6, 6.07) is 9.13. The fourth-order valence-electron chi connectivity index (χ4n) is 4.74. The van der Waals surface area contributed by atoms with Gasteiger partial charge in [-0.05, 0) is 46.8 Å². The van der Waals surface area contributed by atoms with E-state index in [9.17, 15) is 18.0 Å². The van der Waals surface area contributed by atoms with Gasteiger partial charge in [-0.2, -0.15) is 0 Å². The number of halogens is 3. The molecule has 0 aliphatic carbocycles. The van der Waals surface area contributed by atoms with Crippen LogP contribution in [0.2, 0.25) is 0 Å². The fraction of sp³-hybridized carbons (Fsp3) is 0.448. The monoisotopic (exact) mass is 544 g/mol. The predicted molar refractivity (Wildman–Crippen MR) is 146 cm³/mol. The van der Waals surface area contributed by atoms with Crippen molar-refractivity contribution in [2.24, 2.45) is 0 Å². The van der Waals surface area contributed by atoms with Gasteiger partial charge in [-0.15, -0.1) is 0 Å². The lowest BCUT2D eigenvalue weighted by Gasteiger charge is -2.37. The highest BCUT2D eigenvalue weighted by atomic mass is 19.3. The number of nitrogens with one attached hydrogen (secondary N) is 1. The second-order valence-corrected chi connectivity index (χ2v) is 10.7. The van der Waals surface area contributed by atoms with Gasteiger partial charge in [0.1, 0.15) is 17.2 Å². The number of fused-ring (bicyclic) bond motifs is 1. The van der Waals surface area contributed by atoms with Crippen molar-refractivity contribution in [2.75, 3.05) is 43.5 Å². The highest BCUT2D eigenvalue weighted by Crippen LogP contribution is 2.38. The number of hydrogen-bond acceptors (Lipinski definition) is 6. The number of aromatic nitrogens is 1. The molecular weight excluding hydrogens is 509 g/mol. The molecule has 3 aromatic rings. The van der Waals surface area contributed by atoms with Gasteiger partial charge in [-0.3, -0.25) is 4.98 Å². The number of pyridine rings is 1. The van der Waals surface area contributed by atoms with Gasteiger partial charge in [0.05, 0.1) is 29.9 Å². The molecule has 210 valence electrons. The third-order valence-corrected chi connectivity index (χ3v) is 6.64. The maximum absolute atomic E-state index is 14.9. The van der Waals surface area contributed by atoms with E-state index < -0.39 is 29.4 Å². The number of carbonyl (C=O) groups excluding carboxylic acids is 1. The third-order valence-electron chi connectivity index (χ3n) is 6.64. The van der Waals surface area contributed by atoms with Crippen molar-refractivity contribution in [3.63, 3.8) is 0 Å². The summed E-state index contributed by atoms with van der Waals surface area (Å²) in [6.07, 6.45) is -3.23. The molecule has 1 unspecified atom stereocenters. The minimum atomic E-state index is -2.90. The first-order valence-electron chi connectivity index (χ1n) is 12.9. The molecule has 1 fully saturated rings. The van der Waals surface area contributed by atoms with Gasteiger partial charge >= 0.3 is 6.09 Å². The molecular formula is C29H35F3N4O3. The summed E-state index contributed by atoms with van der Waals surface area (Å²) >= 11 is 0. The van der Waals surface area contributed by atoms with Crippen molar-refractivity contribution in [2.45, 2.75) is 52.7 Å². The van der Waals surface area contributed by atoms with Crippen LogP contribution in [0.15, 0.2) is 36.4 Å². The SMILES string of the molecule is COc1cc2nc(C)cc(NC(C)c3cccc(C(F)F)c3F)c2cc1N1CCN(C(=O)OC(C)(C)C)CC1. The van der Waals surface area contributed by atoms with E-state index in [2.05, 4.69) is 15.2 Å². The molecule has 2 heterocycles. The predicted octanol–water partition coefficient (Wildman–Crippen LogP) is 6.86. The van der Waals surface area contributed by atoms with Crippen LogP contribution in [0.3, 0.4) is 0 Å². The number of anilines is 2. The zero-order valence-electron chi connectivity index (χ0n) is 23.1. The Hall–Kier alpha value is -3.69. The zero-order valence-corrected chi connectivity index (χ0v) is 23.1. The van der Waals surface area contributed by atoms with Crippen LogP contribution in [0.1, 0.15) is 57.0 Å². The highest BCUT2D eigenvalue weighted by Gasteiger charge is 2.28. The molecule has 2 aromatic carbocycles. The molecule has 0 saturated carbocycles. The molecule has 1 aliphatic rings. The summed E-state index contributed by atoms with van der Waals surface area (Å²) in [5.41, 5.74) is 1.92. The average molecular weight is 545 g/mol. The summed E-state index contributed by atoms with van der Waals surface area (Å²) in [5.74, 6) is -0.270. The van der Waals surface area contributed by atoms with Crippen LogP contribution in [0.5, 0.6) is 5.75 Å². The number of hydrogen-bond donors (Lipinski definition) is 1. The largest absolute Gasteiger partial charge is 0.495 e. The van der Waals surface area contributed by atoms with Gasteiger partial charge in [-0.25, -0.2) is 18.0 Å². The van der Waals surface area contributed by atoms with Crippen molar-refractivity contribution in [1.82, 2.24) is 9.88 Å². The summed E-state index contributed by atoms with van der Waals surface area (Å²) in [4.78, 5) is 21.0. The summed E-state index contributed by atoms with van der Waals surface area (Å²) in [7, 11) is 1.59. The Labute approximate surface area is 226 Å². The molecule has 1 aliphatic heterocycles. The van der Waals surface area contributed by atoms with Crippen LogP contribution in [0.25, 0.3) is 10.9 Å². The van der Waals surface area contributed by atoms with E-state index in [1.54, 1.807) is 18.9 Å². The Morgan fingerprint density at radius 1 is 1.08 bits per heavy atom. The quantitative estimate of drug-likeness (QED) is 0.366. The molecule has 39 heavy (non-hydrogen) atoms. The standard InChI is InChI=1S/C29H35F3N4O3/c1-17-14-22(34-18(2)19-8-7-9-20(26(19)30)27(31)32)21-15-24(25(38-6)16-23(21)33-17)35-10-12-36(13-11-35)28(37)39-29(3,4)5/h7-9,14-16,18,27H,10-13H2,1-6H3,(H,33,34). The lowest BCUT2D eigenvalue weighted by Crippen LogP contribution is -2.50. The van der Waals surface area contributed by atoms with E-state index >= 15 is 0 Å². The number of ether oxygens (including phenoxy) is 2. The first kappa shape index (κ1) is 28.3. The molecule has 0 bridgehead atoms. The first-order valence-corrected chi connectivity index (χ1v) is 12.9. The number of rotatable bonds is 6. The Balaban J connectivity index is 1.64. The Morgan fingerprint density at radius 2 is 1.74 bits per heavy atom. The van der Waals surface area contributed by atoms with Crippen LogP contribution < -0.4 is 15.0 Å². The number of methoxy groups -OCH3 is 1. The maximum atomic E-state index is 14.9. The van der Waals surface area contributed by atoms with Crippen LogP contribution in [0.4, 0.5) is 29.3 Å². The number of aryl methyl sites for hydroxylation is 1. The molecule has 4 rings (SSSR count). The van der Waals surface area contributed by atoms with Crippen LogP contribution in [-0.2, 0) is 4.74 Å². The molecule has 0 radical (unpaired) electrons. The number of carbonyl (C=O) groups is 1. The second-order valence-electron chi connectivity index (χ2n) is 10.7. The number of nitrogens with zero attached hydrogens (tertiary/aromatic N) is 3. The summed E-state index contributed by atoms with van der Waals surface area (Å²) < 4.78 is 52.6. The van der Waals surface area contributed by atoms with Crippen LogP contribution in [0, 0.1) is 12.7 Å². The van der Waals surface area contributed by atoms with E-state index in [0.717, 1.165) is 22.8 Å². The van der Waals surface area contributed by atoms with Gasteiger partial charge in [0, 0.05) is 54.6 Å². The minimum Gasteiger partial charge on any atom is -0.495 e. The molecule has 1 atom stereocenters. The van der Waals surface area contributed by atoms with Crippen LogP contribution >= 0.6 is 0 Å². The summed E-state index contributed by atoms with van der Waals surface area (Å²) in [6.45, 7) is 11.2. The average Bonchev–Trinajstić information content (AvgIpc) is 2.86. The Morgan fingerprint density at radius 3 is 2.36 bits per heavy atom. The number of piperazine rings is 1. The third kappa shape index (κ3) is 6.32. The lowest BCUT2D eigenvalue weighted by molar-refractivity contribution is 0.0240. The Bertz CT molecular complexity index is 1350. The first-order chi connectivity index (χ1) is 18.4. The lowest BCUT2D eigenvalue weighted by atomic mass is 10.0. The second kappa shape index (κ2) is 11.2. The molecule has 10 heteroatoms. The number of amides is 1. The normalized spacial score (nSPS) is 15.0. The smallest absolute Gasteiger partial charge is 0.410 e. The van der Waals surface area contributed by atoms with Gasteiger partial charge in [-0.1, -0.05) is 18.2 Å². The van der Waals surface area contributed by atoms with E-state index in [4.69, 9.17) is 9.47 Å². The Kier molecular flexibility index (Phi) is 8.13. The van der Waals surface area contributed by atoms with Crippen LogP contribution in [-0.4, -0.2) is 54.9 Å². The van der Waals surface area contributed by atoms with Gasteiger partial charge in [0.25, 0.3) is 6.43 Å². The molecule has 1 aromatic heterocycles. The molecule has 7 nitrogen and oxygen atoms in total. The van der Waals surface area contributed by atoms with E-state index in [0.29, 0.717) is 43.1 Å². The zero-order chi connectivity index (χ0) is 28.5. The van der Waals surface area contributed by atoms with Crippen molar-refractivity contribution in [3.8, 4) is 5.75 Å². The summed E-state index contributed by atoms with van der Waals surface area (Å²) in [5, 5.41) is 4.09.